The van der Waals surface area contributed by atoms with Crippen LogP contribution in [0.3, 0.4) is 0 Å². The third-order valence-electron chi connectivity index (χ3n) is 5.45. The lowest BCUT2D eigenvalue weighted by Crippen LogP contribution is -2.47. The average molecular weight is 490 g/mol. The molecule has 0 aliphatic rings. The van der Waals surface area contributed by atoms with Crippen LogP contribution in [0.5, 0.6) is 0 Å². The SMILES string of the molecule is Cc1ccc(N(C(=O)CNC(=O)c2ccco2)[C@H](C(=O)NCc2ccco2)c2ccccc2F)cc1. The first-order chi connectivity index (χ1) is 17.4. The number of carbonyl (C=O) groups excluding carboxylic acids is 3. The number of carbonyl (C=O) groups is 3. The lowest BCUT2D eigenvalue weighted by molar-refractivity contribution is -0.126. The average Bonchev–Trinajstić information content (AvgIpc) is 3.60. The number of nitrogens with zero attached hydrogens (tertiary/aromatic N) is 1. The molecule has 0 fully saturated rings. The van der Waals surface area contributed by atoms with Gasteiger partial charge in [-0.3, -0.25) is 19.3 Å². The molecule has 2 aromatic heterocycles. The van der Waals surface area contributed by atoms with Crippen LogP contribution < -0.4 is 15.5 Å². The minimum atomic E-state index is -1.36. The summed E-state index contributed by atoms with van der Waals surface area (Å²) in [4.78, 5) is 40.5. The van der Waals surface area contributed by atoms with E-state index >= 15 is 0 Å². The monoisotopic (exact) mass is 489 g/mol. The minimum Gasteiger partial charge on any atom is -0.467 e. The quantitative estimate of drug-likeness (QED) is 0.368. The maximum Gasteiger partial charge on any atom is 0.287 e. The van der Waals surface area contributed by atoms with Crippen molar-refractivity contribution in [3.05, 3.63) is 114 Å². The maximum absolute atomic E-state index is 15.0. The summed E-state index contributed by atoms with van der Waals surface area (Å²) >= 11 is 0. The van der Waals surface area contributed by atoms with E-state index < -0.39 is 36.1 Å². The number of hydrogen-bond donors (Lipinski definition) is 2. The van der Waals surface area contributed by atoms with Gasteiger partial charge in [0.15, 0.2) is 5.76 Å². The molecule has 184 valence electrons. The van der Waals surface area contributed by atoms with Gasteiger partial charge in [-0.15, -0.1) is 0 Å². The van der Waals surface area contributed by atoms with Gasteiger partial charge in [-0.25, -0.2) is 4.39 Å². The number of benzene rings is 2. The van der Waals surface area contributed by atoms with Gasteiger partial charge < -0.3 is 19.5 Å². The summed E-state index contributed by atoms with van der Waals surface area (Å²) in [5.41, 5.74) is 1.29. The van der Waals surface area contributed by atoms with E-state index in [9.17, 15) is 18.8 Å². The third-order valence-corrected chi connectivity index (χ3v) is 5.45. The number of aryl methyl sites for hydroxylation is 1. The Bertz CT molecular complexity index is 1320. The highest BCUT2D eigenvalue weighted by atomic mass is 19.1. The fourth-order valence-corrected chi connectivity index (χ4v) is 3.66. The summed E-state index contributed by atoms with van der Waals surface area (Å²) in [5, 5.41) is 5.22. The standard InChI is InChI=1S/C27H24FN3O5/c1-18-10-12-19(13-11-18)31(24(32)17-30-26(33)23-9-5-15-36-23)25(21-7-2-3-8-22(21)28)27(34)29-16-20-6-4-14-35-20/h2-15,25H,16-17H2,1H3,(H,29,34)(H,30,33)/t25-/m0/s1. The first kappa shape index (κ1) is 24.5. The summed E-state index contributed by atoms with van der Waals surface area (Å²) in [6.45, 7) is 1.47. The van der Waals surface area contributed by atoms with E-state index in [-0.39, 0.29) is 17.9 Å². The highest BCUT2D eigenvalue weighted by molar-refractivity contribution is 6.04. The molecule has 3 amide bonds. The first-order valence-corrected chi connectivity index (χ1v) is 11.2. The fourth-order valence-electron chi connectivity index (χ4n) is 3.66. The Labute approximate surface area is 206 Å². The van der Waals surface area contributed by atoms with Gasteiger partial charge in [-0.2, -0.15) is 0 Å². The van der Waals surface area contributed by atoms with E-state index in [1.54, 1.807) is 48.5 Å². The van der Waals surface area contributed by atoms with Crippen LogP contribution in [-0.2, 0) is 16.1 Å². The van der Waals surface area contributed by atoms with Crippen molar-refractivity contribution in [1.29, 1.82) is 0 Å². The molecular weight excluding hydrogens is 465 g/mol. The van der Waals surface area contributed by atoms with Crippen molar-refractivity contribution in [3.63, 3.8) is 0 Å². The predicted octanol–water partition coefficient (Wildman–Crippen LogP) is 4.14. The molecule has 0 radical (unpaired) electrons. The summed E-state index contributed by atoms with van der Waals surface area (Å²) in [7, 11) is 0. The normalized spacial score (nSPS) is 11.5. The molecule has 2 aromatic carbocycles. The molecule has 0 bridgehead atoms. The number of halogens is 1. The van der Waals surface area contributed by atoms with Gasteiger partial charge in [0, 0.05) is 11.3 Å². The zero-order valence-electron chi connectivity index (χ0n) is 19.4. The smallest absolute Gasteiger partial charge is 0.287 e. The van der Waals surface area contributed by atoms with E-state index in [2.05, 4.69) is 10.6 Å². The van der Waals surface area contributed by atoms with Crippen LogP contribution in [0.2, 0.25) is 0 Å². The second kappa shape index (κ2) is 11.2. The van der Waals surface area contributed by atoms with Crippen molar-refractivity contribution in [2.45, 2.75) is 19.5 Å². The number of amides is 3. The van der Waals surface area contributed by atoms with Crippen LogP contribution >= 0.6 is 0 Å². The summed E-state index contributed by atoms with van der Waals surface area (Å²) in [6, 6.07) is 17.6. The number of nitrogens with one attached hydrogen (secondary N) is 2. The summed E-state index contributed by atoms with van der Waals surface area (Å²) in [5.74, 6) is -1.97. The molecule has 36 heavy (non-hydrogen) atoms. The van der Waals surface area contributed by atoms with Crippen molar-refractivity contribution >= 4 is 23.4 Å². The van der Waals surface area contributed by atoms with Crippen molar-refractivity contribution in [2.75, 3.05) is 11.4 Å². The minimum absolute atomic E-state index is 0.000677. The van der Waals surface area contributed by atoms with Crippen molar-refractivity contribution < 1.29 is 27.6 Å². The van der Waals surface area contributed by atoms with Crippen molar-refractivity contribution in [2.24, 2.45) is 0 Å². The summed E-state index contributed by atoms with van der Waals surface area (Å²) in [6.07, 6.45) is 2.81. The Kier molecular flexibility index (Phi) is 7.60. The van der Waals surface area contributed by atoms with Gasteiger partial charge in [0.2, 0.25) is 11.8 Å². The lowest BCUT2D eigenvalue weighted by atomic mass is 10.0. The van der Waals surface area contributed by atoms with Crippen LogP contribution in [0.25, 0.3) is 0 Å². The largest absolute Gasteiger partial charge is 0.467 e. The van der Waals surface area contributed by atoms with Gasteiger partial charge in [-0.1, -0.05) is 35.9 Å². The van der Waals surface area contributed by atoms with E-state index in [1.165, 1.54) is 41.7 Å². The zero-order valence-corrected chi connectivity index (χ0v) is 19.4. The highest BCUT2D eigenvalue weighted by Gasteiger charge is 2.34. The Balaban J connectivity index is 1.68. The Morgan fingerprint density at radius 2 is 1.61 bits per heavy atom. The molecule has 0 unspecified atom stereocenters. The molecule has 0 saturated heterocycles. The fraction of sp³-hybridized carbons (Fsp3) is 0.148. The van der Waals surface area contributed by atoms with Crippen LogP contribution in [0.15, 0.2) is 94.2 Å². The predicted molar refractivity (Wildman–Crippen MR) is 129 cm³/mol. The van der Waals surface area contributed by atoms with E-state index in [0.29, 0.717) is 11.4 Å². The zero-order chi connectivity index (χ0) is 25.5. The number of hydrogen-bond acceptors (Lipinski definition) is 5. The molecule has 0 saturated carbocycles. The first-order valence-electron chi connectivity index (χ1n) is 11.2. The van der Waals surface area contributed by atoms with Crippen LogP contribution in [-0.4, -0.2) is 24.3 Å². The molecule has 0 aliphatic heterocycles. The number of rotatable bonds is 9. The highest BCUT2D eigenvalue weighted by Crippen LogP contribution is 2.30. The molecule has 2 heterocycles. The van der Waals surface area contributed by atoms with Gasteiger partial charge in [0.05, 0.1) is 25.6 Å². The molecule has 4 rings (SSSR count). The molecule has 8 nitrogen and oxygen atoms in total. The van der Waals surface area contributed by atoms with Crippen molar-refractivity contribution in [1.82, 2.24) is 10.6 Å². The molecular formula is C27H24FN3O5. The lowest BCUT2D eigenvalue weighted by Gasteiger charge is -2.31. The van der Waals surface area contributed by atoms with Crippen LogP contribution in [0.1, 0.15) is 33.5 Å². The van der Waals surface area contributed by atoms with Crippen LogP contribution in [0.4, 0.5) is 10.1 Å². The van der Waals surface area contributed by atoms with E-state index in [4.69, 9.17) is 8.83 Å². The summed E-state index contributed by atoms with van der Waals surface area (Å²) < 4.78 is 25.3. The van der Waals surface area contributed by atoms with E-state index in [0.717, 1.165) is 5.56 Å². The maximum atomic E-state index is 15.0. The van der Waals surface area contributed by atoms with Crippen LogP contribution in [0, 0.1) is 12.7 Å². The second-order valence-corrected chi connectivity index (χ2v) is 7.98. The third kappa shape index (κ3) is 5.69. The molecule has 0 aliphatic carbocycles. The van der Waals surface area contributed by atoms with Gasteiger partial charge in [-0.05, 0) is 49.4 Å². The van der Waals surface area contributed by atoms with Crippen molar-refractivity contribution in [3.8, 4) is 0 Å². The topological polar surface area (TPSA) is 105 Å². The van der Waals surface area contributed by atoms with E-state index in [1.807, 2.05) is 6.92 Å². The van der Waals surface area contributed by atoms with Gasteiger partial charge in [0.25, 0.3) is 5.91 Å². The Morgan fingerprint density at radius 3 is 2.28 bits per heavy atom. The Hall–Kier alpha value is -4.66. The molecule has 0 spiro atoms. The molecule has 2 N–H and O–H groups in total. The molecule has 4 aromatic rings. The molecule has 1 atom stereocenters. The number of anilines is 1. The second-order valence-electron chi connectivity index (χ2n) is 7.98. The number of furan rings is 2. The van der Waals surface area contributed by atoms with Gasteiger partial charge in [0.1, 0.15) is 17.6 Å². The van der Waals surface area contributed by atoms with Gasteiger partial charge >= 0.3 is 0 Å². The Morgan fingerprint density at radius 1 is 0.889 bits per heavy atom. The molecule has 9 heteroatoms.